The number of piperidine rings is 1. The summed E-state index contributed by atoms with van der Waals surface area (Å²) >= 11 is 0. The maximum Gasteiger partial charge on any atom is 0.136 e. The second-order valence-electron chi connectivity index (χ2n) is 10.9. The van der Waals surface area contributed by atoms with Crippen molar-refractivity contribution in [2.75, 3.05) is 20.2 Å². The summed E-state index contributed by atoms with van der Waals surface area (Å²) in [6, 6.07) is -0.569. The van der Waals surface area contributed by atoms with Gasteiger partial charge in [-0.25, -0.2) is 0 Å². The number of hydrogen-bond donors (Lipinski definition) is 5. The van der Waals surface area contributed by atoms with Crippen LogP contribution in [0, 0.1) is 34.5 Å². The van der Waals surface area contributed by atoms with Gasteiger partial charge in [-0.3, -0.25) is 4.90 Å². The molecule has 1 heterocycles. The zero-order valence-electron chi connectivity index (χ0n) is 17.3. The maximum atomic E-state index is 12.3. The van der Waals surface area contributed by atoms with Gasteiger partial charge in [-0.05, 0) is 18.9 Å². The lowest BCUT2D eigenvalue weighted by molar-refractivity contribution is -0.308. The lowest BCUT2D eigenvalue weighted by atomic mass is 9.44. The van der Waals surface area contributed by atoms with Crippen molar-refractivity contribution in [3.05, 3.63) is 12.2 Å². The molecular formula is C22H33NO6. The Balaban J connectivity index is 1.68. The Morgan fingerprint density at radius 1 is 1.21 bits per heavy atom. The number of likely N-dealkylation sites (tertiary alicyclic amines) is 1. The third-order valence-electron chi connectivity index (χ3n) is 10.3. The normalized spacial score (nSPS) is 67.1. The van der Waals surface area contributed by atoms with Gasteiger partial charge in [0.05, 0.1) is 30.5 Å². The van der Waals surface area contributed by atoms with Gasteiger partial charge >= 0.3 is 0 Å². The molecule has 1 spiro atoms. The number of rotatable bonds is 2. The first kappa shape index (κ1) is 19.2. The number of aliphatic hydroxyl groups is 5. The van der Waals surface area contributed by atoms with Crippen LogP contribution in [-0.4, -0.2) is 92.3 Å². The number of methoxy groups -OCH3 is 1. The molecule has 162 valence electrons. The second kappa shape index (κ2) is 5.26. The first-order valence-electron chi connectivity index (χ1n) is 11.1. The van der Waals surface area contributed by atoms with Crippen molar-refractivity contribution in [2.24, 2.45) is 34.5 Å². The molecule has 8 unspecified atom stereocenters. The number of fused-ring (bicyclic) bond motifs is 2. The summed E-state index contributed by atoms with van der Waals surface area (Å²) in [5.41, 5.74) is -4.74. The molecule has 0 aromatic heterocycles. The molecule has 13 atom stereocenters. The minimum atomic E-state index is -1.84. The van der Waals surface area contributed by atoms with Crippen LogP contribution in [-0.2, 0) is 4.74 Å². The predicted octanol–water partition coefficient (Wildman–Crippen LogP) is -0.888. The topological polar surface area (TPSA) is 114 Å². The highest BCUT2D eigenvalue weighted by atomic mass is 16.5. The van der Waals surface area contributed by atoms with Crippen LogP contribution in [0.25, 0.3) is 0 Å². The molecule has 4 saturated carbocycles. The van der Waals surface area contributed by atoms with Gasteiger partial charge in [0.15, 0.2) is 0 Å². The van der Waals surface area contributed by atoms with Crippen LogP contribution in [0.15, 0.2) is 12.2 Å². The van der Waals surface area contributed by atoms with Crippen LogP contribution in [0.5, 0.6) is 0 Å². The van der Waals surface area contributed by atoms with E-state index in [1.54, 1.807) is 7.11 Å². The number of nitrogens with zero attached hydrogens (tertiary/aromatic N) is 1. The first-order valence-corrected chi connectivity index (χ1v) is 11.1. The lowest BCUT2D eigenvalue weighted by Gasteiger charge is -2.68. The van der Waals surface area contributed by atoms with E-state index >= 15 is 0 Å². The van der Waals surface area contributed by atoms with Gasteiger partial charge in [-0.2, -0.15) is 0 Å². The Hall–Kier alpha value is -0.540. The van der Waals surface area contributed by atoms with E-state index in [1.807, 2.05) is 19.1 Å². The Bertz CT molecular complexity index is 791. The minimum absolute atomic E-state index is 0.134. The highest BCUT2D eigenvalue weighted by molar-refractivity contribution is 5.43. The summed E-state index contributed by atoms with van der Waals surface area (Å²) in [6.07, 6.45) is 1.41. The molecule has 6 rings (SSSR count). The Labute approximate surface area is 171 Å². The fourth-order valence-corrected chi connectivity index (χ4v) is 9.68. The molecule has 5 fully saturated rings. The van der Waals surface area contributed by atoms with Gasteiger partial charge in [-0.15, -0.1) is 0 Å². The Morgan fingerprint density at radius 3 is 2.59 bits per heavy atom. The summed E-state index contributed by atoms with van der Waals surface area (Å²) in [4.78, 5) is 2.16. The minimum Gasteiger partial charge on any atom is -0.392 e. The van der Waals surface area contributed by atoms with E-state index < -0.39 is 52.3 Å². The van der Waals surface area contributed by atoms with E-state index in [-0.39, 0.29) is 30.3 Å². The molecule has 1 aliphatic heterocycles. The standard InChI is InChI=1S/C22H33NO6/c1-4-23-9-19(2)6-5-13(24)21-11-7-10-12(29-3)8-20(27,14(11)15(10)25)22(28,18(21)23)17(26)16(19)21/h5-6,10-18,24-28H,4,7-9H2,1-3H3/t10?,11?,12-,13?,14?,15?,16?,17-,18?,19-,20+,21?,22-/m0/s1. The third-order valence-corrected chi connectivity index (χ3v) is 10.3. The summed E-state index contributed by atoms with van der Waals surface area (Å²) in [7, 11) is 1.58. The summed E-state index contributed by atoms with van der Waals surface area (Å²) in [5.74, 6) is -1.29. The van der Waals surface area contributed by atoms with E-state index in [2.05, 4.69) is 11.8 Å². The predicted molar refractivity (Wildman–Crippen MR) is 103 cm³/mol. The van der Waals surface area contributed by atoms with Crippen LogP contribution in [0.4, 0.5) is 0 Å². The molecule has 5 aliphatic carbocycles. The van der Waals surface area contributed by atoms with Gasteiger partial charge in [0.2, 0.25) is 0 Å². The molecule has 29 heavy (non-hydrogen) atoms. The van der Waals surface area contributed by atoms with Gasteiger partial charge in [-0.1, -0.05) is 26.0 Å². The quantitative estimate of drug-likeness (QED) is 0.378. The highest BCUT2D eigenvalue weighted by Crippen LogP contribution is 2.78. The van der Waals surface area contributed by atoms with E-state index in [4.69, 9.17) is 4.74 Å². The molecule has 0 amide bonds. The summed E-state index contributed by atoms with van der Waals surface area (Å²) in [6.45, 7) is 5.43. The largest absolute Gasteiger partial charge is 0.392 e. The van der Waals surface area contributed by atoms with Crippen molar-refractivity contribution < 1.29 is 30.3 Å². The van der Waals surface area contributed by atoms with Crippen LogP contribution in [0.2, 0.25) is 0 Å². The average molecular weight is 408 g/mol. The Kier molecular flexibility index (Phi) is 3.48. The highest BCUT2D eigenvalue weighted by Gasteiger charge is 2.90. The van der Waals surface area contributed by atoms with Crippen LogP contribution < -0.4 is 0 Å². The SMILES string of the molecule is CCN1C[C@]2(C)C=CC(O)C34C5CC6C(O)C5[C@](O)(C[C@@H]6OC)[C@@](O)(C13)[C@@H](O)C42. The van der Waals surface area contributed by atoms with Crippen molar-refractivity contribution in [3.63, 3.8) is 0 Å². The zero-order chi connectivity index (χ0) is 20.7. The van der Waals surface area contributed by atoms with Crippen LogP contribution in [0.1, 0.15) is 26.7 Å². The maximum absolute atomic E-state index is 12.3. The third kappa shape index (κ3) is 1.63. The van der Waals surface area contributed by atoms with E-state index in [9.17, 15) is 25.5 Å². The smallest absolute Gasteiger partial charge is 0.136 e. The molecule has 5 N–H and O–H groups in total. The number of likely N-dealkylation sites (N-methyl/N-ethyl adjacent to an activating group) is 1. The fourth-order valence-electron chi connectivity index (χ4n) is 9.68. The van der Waals surface area contributed by atoms with Gasteiger partial charge in [0.1, 0.15) is 11.2 Å². The average Bonchev–Trinajstić information content (AvgIpc) is 3.04. The molecule has 0 radical (unpaired) electrons. The summed E-state index contributed by atoms with van der Waals surface area (Å²) in [5, 5.41) is 58.9. The molecule has 1 saturated heterocycles. The van der Waals surface area contributed by atoms with Crippen molar-refractivity contribution in [3.8, 4) is 0 Å². The molecular weight excluding hydrogens is 374 g/mol. The van der Waals surface area contributed by atoms with Gasteiger partial charge in [0, 0.05) is 48.7 Å². The van der Waals surface area contributed by atoms with Crippen molar-refractivity contribution >= 4 is 0 Å². The molecule has 0 aromatic rings. The number of hydrogen-bond acceptors (Lipinski definition) is 7. The molecule has 0 aromatic carbocycles. The Morgan fingerprint density at radius 2 is 1.93 bits per heavy atom. The molecule has 7 heteroatoms. The van der Waals surface area contributed by atoms with Crippen molar-refractivity contribution in [2.45, 2.75) is 68.3 Å². The fraction of sp³-hybridized carbons (Fsp3) is 0.909. The van der Waals surface area contributed by atoms with Crippen molar-refractivity contribution in [1.82, 2.24) is 4.90 Å². The molecule has 7 bridgehead atoms. The van der Waals surface area contributed by atoms with Gasteiger partial charge in [0.25, 0.3) is 0 Å². The van der Waals surface area contributed by atoms with Crippen molar-refractivity contribution in [1.29, 1.82) is 0 Å². The number of ether oxygens (including phenoxy) is 1. The molecule has 6 aliphatic rings. The summed E-state index contributed by atoms with van der Waals surface area (Å²) < 4.78 is 5.66. The van der Waals surface area contributed by atoms with Crippen LogP contribution in [0.3, 0.4) is 0 Å². The van der Waals surface area contributed by atoms with Crippen LogP contribution >= 0.6 is 0 Å². The van der Waals surface area contributed by atoms with E-state index in [1.165, 1.54) is 0 Å². The lowest BCUT2D eigenvalue weighted by Crippen LogP contribution is -2.81. The van der Waals surface area contributed by atoms with E-state index in [0.29, 0.717) is 19.5 Å². The molecule has 7 nitrogen and oxygen atoms in total. The van der Waals surface area contributed by atoms with E-state index in [0.717, 1.165) is 0 Å². The monoisotopic (exact) mass is 407 g/mol. The van der Waals surface area contributed by atoms with Gasteiger partial charge < -0.3 is 30.3 Å². The number of aliphatic hydroxyl groups excluding tert-OH is 3. The second-order valence-corrected chi connectivity index (χ2v) is 10.9. The zero-order valence-corrected chi connectivity index (χ0v) is 17.3. The first-order chi connectivity index (χ1) is 13.6.